The summed E-state index contributed by atoms with van der Waals surface area (Å²) in [6.45, 7) is 2.39. The normalized spacial score (nSPS) is 27.6. The van der Waals surface area contributed by atoms with Crippen molar-refractivity contribution in [3.05, 3.63) is 34.5 Å². The molecule has 32 heavy (non-hydrogen) atoms. The molecule has 6 rings (SSSR count). The lowest BCUT2D eigenvalue weighted by Crippen LogP contribution is -2.49. The second-order valence-electron chi connectivity index (χ2n) is 9.46. The first kappa shape index (κ1) is 20.8. The Morgan fingerprint density at radius 2 is 2.22 bits per heavy atom. The van der Waals surface area contributed by atoms with Crippen LogP contribution < -0.4 is 15.0 Å². The summed E-state index contributed by atoms with van der Waals surface area (Å²) >= 11 is 5.06. The third-order valence-corrected chi connectivity index (χ3v) is 9.21. The van der Waals surface area contributed by atoms with E-state index < -0.39 is 11.2 Å². The summed E-state index contributed by atoms with van der Waals surface area (Å²) in [7, 11) is 0. The Labute approximate surface area is 195 Å². The minimum absolute atomic E-state index is 0.0575. The Kier molecular flexibility index (Phi) is 5.17. The van der Waals surface area contributed by atoms with Gasteiger partial charge in [-0.15, -0.1) is 0 Å². The van der Waals surface area contributed by atoms with Crippen molar-refractivity contribution in [1.82, 2.24) is 9.97 Å². The highest BCUT2D eigenvalue weighted by atomic mass is 35.5. The average molecular weight is 475 g/mol. The van der Waals surface area contributed by atoms with Gasteiger partial charge in [-0.1, -0.05) is 17.7 Å². The zero-order valence-electron chi connectivity index (χ0n) is 17.8. The van der Waals surface area contributed by atoms with E-state index in [1.165, 1.54) is 5.56 Å². The van der Waals surface area contributed by atoms with E-state index in [1.54, 1.807) is 0 Å². The molecule has 1 aliphatic carbocycles. The second kappa shape index (κ2) is 7.94. The van der Waals surface area contributed by atoms with Crippen LogP contribution in [0.1, 0.15) is 42.9 Å². The number of aliphatic hydroxyl groups is 1. The van der Waals surface area contributed by atoms with Gasteiger partial charge in [0.1, 0.15) is 17.2 Å². The zero-order chi connectivity index (χ0) is 21.9. The fourth-order valence-corrected chi connectivity index (χ4v) is 6.98. The van der Waals surface area contributed by atoms with Crippen LogP contribution in [0.15, 0.2) is 23.1 Å². The molecule has 3 aliphatic heterocycles. The maximum atomic E-state index is 12.7. The number of aliphatic hydroxyl groups excluding tert-OH is 1. The summed E-state index contributed by atoms with van der Waals surface area (Å²) in [5, 5.41) is 14.1. The third-order valence-electron chi connectivity index (χ3n) is 7.52. The number of fused-ring (bicyclic) bond motifs is 4. The molecule has 7 nitrogen and oxygen atoms in total. The summed E-state index contributed by atoms with van der Waals surface area (Å²) < 4.78 is 18.7. The van der Waals surface area contributed by atoms with Gasteiger partial charge in [0.05, 0.1) is 18.8 Å². The van der Waals surface area contributed by atoms with Crippen LogP contribution in [0.25, 0.3) is 0 Å². The predicted octanol–water partition coefficient (Wildman–Crippen LogP) is 3.12. The number of benzene rings is 1. The van der Waals surface area contributed by atoms with E-state index >= 15 is 0 Å². The largest absolute Gasteiger partial charge is 0.611 e. The molecule has 0 bridgehead atoms. The molecule has 2 fully saturated rings. The molecule has 2 aromatic rings. The highest BCUT2D eigenvalue weighted by Crippen LogP contribution is 2.44. The summed E-state index contributed by atoms with van der Waals surface area (Å²) in [5.41, 5.74) is 1.78. The molecule has 4 aliphatic rings. The van der Waals surface area contributed by atoms with E-state index in [-0.39, 0.29) is 12.1 Å². The predicted molar refractivity (Wildman–Crippen MR) is 124 cm³/mol. The molecule has 2 N–H and O–H groups in total. The Morgan fingerprint density at radius 3 is 3.00 bits per heavy atom. The third kappa shape index (κ3) is 3.43. The van der Waals surface area contributed by atoms with E-state index in [0.29, 0.717) is 47.4 Å². The second-order valence-corrected chi connectivity index (χ2v) is 11.4. The number of ether oxygens (including phenoxy) is 1. The van der Waals surface area contributed by atoms with E-state index in [0.717, 1.165) is 55.1 Å². The summed E-state index contributed by atoms with van der Waals surface area (Å²) in [6, 6.07) is 5.95. The molecular formula is C23H27ClN4O3S. The van der Waals surface area contributed by atoms with Gasteiger partial charge in [0.25, 0.3) is 0 Å². The van der Waals surface area contributed by atoms with E-state index in [2.05, 4.69) is 16.3 Å². The zero-order valence-corrected chi connectivity index (χ0v) is 19.4. The molecule has 1 saturated carbocycles. The molecule has 170 valence electrons. The molecule has 1 aromatic heterocycles. The summed E-state index contributed by atoms with van der Waals surface area (Å²) in [5.74, 6) is 3.64. The Bertz CT molecular complexity index is 1040. The smallest absolute Gasteiger partial charge is 0.227 e. The van der Waals surface area contributed by atoms with Gasteiger partial charge in [0.2, 0.25) is 10.8 Å². The lowest BCUT2D eigenvalue weighted by molar-refractivity contribution is 0.143. The molecule has 0 amide bonds. The van der Waals surface area contributed by atoms with Crippen LogP contribution in [-0.4, -0.2) is 57.2 Å². The number of halogens is 1. The lowest BCUT2D eigenvalue weighted by atomic mass is 9.77. The number of nitrogens with one attached hydrogen (secondary N) is 1. The molecular weight excluding hydrogens is 448 g/mol. The van der Waals surface area contributed by atoms with Crippen molar-refractivity contribution in [2.75, 3.05) is 42.3 Å². The van der Waals surface area contributed by atoms with Gasteiger partial charge < -0.3 is 24.6 Å². The number of rotatable bonds is 4. The number of hydrogen-bond donors (Lipinski definition) is 2. The highest BCUT2D eigenvalue weighted by molar-refractivity contribution is 7.91. The van der Waals surface area contributed by atoms with Crippen molar-refractivity contribution in [1.29, 1.82) is 0 Å². The van der Waals surface area contributed by atoms with Gasteiger partial charge in [-0.05, 0) is 60.5 Å². The molecule has 3 atom stereocenters. The molecule has 4 heterocycles. The SMILES string of the molecule is [O-][S@+]1CCc2nc(N3CC[C@H]4c5ccc(Cl)cc5OC[C@@H]4C3)nc(NC3(CO)CCC3)c21. The number of hydrogen-bond acceptors (Lipinski definition) is 7. The maximum absolute atomic E-state index is 12.7. The standard InChI is InChI=1S/C23H27ClN4O3S/c24-15-2-3-17-16-4-8-28(11-14(16)12-31-19(17)10-15)22-25-18-5-9-32(30)20(18)21(26-22)27-23(13-29)6-1-7-23/h2-3,10,14,16,29H,1,4-9,11-13H2,(H,25,26,27)/t14-,16+,32+/m0/s1. The van der Waals surface area contributed by atoms with E-state index in [9.17, 15) is 9.66 Å². The van der Waals surface area contributed by atoms with Crippen LogP contribution in [0.4, 0.5) is 11.8 Å². The molecule has 1 saturated heterocycles. The van der Waals surface area contributed by atoms with Gasteiger partial charge in [-0.2, -0.15) is 4.98 Å². The van der Waals surface area contributed by atoms with E-state index in [1.807, 2.05) is 12.1 Å². The van der Waals surface area contributed by atoms with Gasteiger partial charge in [-0.25, -0.2) is 4.98 Å². The number of anilines is 2. The fourth-order valence-electron chi connectivity index (χ4n) is 5.52. The van der Waals surface area contributed by atoms with Crippen LogP contribution >= 0.6 is 11.6 Å². The van der Waals surface area contributed by atoms with Gasteiger partial charge in [-0.3, -0.25) is 0 Å². The van der Waals surface area contributed by atoms with Gasteiger partial charge in [0.15, 0.2) is 5.82 Å². The first-order valence-corrected chi connectivity index (χ1v) is 13.1. The minimum Gasteiger partial charge on any atom is -0.611 e. The van der Waals surface area contributed by atoms with Gasteiger partial charge in [0, 0.05) is 30.5 Å². The van der Waals surface area contributed by atoms with E-state index in [4.69, 9.17) is 26.3 Å². The van der Waals surface area contributed by atoms with Crippen molar-refractivity contribution >= 4 is 34.5 Å². The summed E-state index contributed by atoms with van der Waals surface area (Å²) in [4.78, 5) is 12.7. The van der Waals surface area contributed by atoms with Crippen LogP contribution in [0, 0.1) is 5.92 Å². The molecule has 9 heteroatoms. The topological polar surface area (TPSA) is 93.6 Å². The van der Waals surface area contributed by atoms with Crippen LogP contribution in [0.5, 0.6) is 5.75 Å². The van der Waals surface area contributed by atoms with Crippen LogP contribution in [0.2, 0.25) is 5.02 Å². The summed E-state index contributed by atoms with van der Waals surface area (Å²) in [6.07, 6.45) is 4.59. The number of aromatic nitrogens is 2. The van der Waals surface area contributed by atoms with Crippen molar-refractivity contribution in [2.45, 2.75) is 48.5 Å². The van der Waals surface area contributed by atoms with Gasteiger partial charge >= 0.3 is 0 Å². The monoisotopic (exact) mass is 474 g/mol. The Morgan fingerprint density at radius 1 is 1.34 bits per heavy atom. The Hall–Kier alpha value is -1.74. The molecule has 0 radical (unpaired) electrons. The number of piperidine rings is 1. The van der Waals surface area contributed by atoms with Crippen LogP contribution in [0.3, 0.4) is 0 Å². The van der Waals surface area contributed by atoms with Crippen molar-refractivity contribution in [3.63, 3.8) is 0 Å². The molecule has 1 aromatic carbocycles. The highest BCUT2D eigenvalue weighted by Gasteiger charge is 2.42. The average Bonchev–Trinajstić information content (AvgIpc) is 3.16. The molecule has 0 unspecified atom stereocenters. The molecule has 0 spiro atoms. The number of nitrogens with zero attached hydrogens (tertiary/aromatic N) is 3. The van der Waals surface area contributed by atoms with Crippen molar-refractivity contribution in [3.8, 4) is 5.75 Å². The van der Waals surface area contributed by atoms with Crippen LogP contribution in [-0.2, 0) is 17.6 Å². The first-order chi connectivity index (χ1) is 15.5. The lowest BCUT2D eigenvalue weighted by Gasteiger charge is -2.43. The minimum atomic E-state index is -1.09. The Balaban J connectivity index is 1.28. The first-order valence-electron chi connectivity index (χ1n) is 11.4. The number of aryl methyl sites for hydroxylation is 1. The van der Waals surface area contributed by atoms with Crippen molar-refractivity contribution < 1.29 is 14.4 Å². The maximum Gasteiger partial charge on any atom is 0.227 e. The fraction of sp³-hybridized carbons (Fsp3) is 0.565. The quantitative estimate of drug-likeness (QED) is 0.657. The van der Waals surface area contributed by atoms with Crippen molar-refractivity contribution in [2.24, 2.45) is 5.92 Å².